The van der Waals surface area contributed by atoms with E-state index in [0.29, 0.717) is 10.1 Å². The topological polar surface area (TPSA) is 146 Å². The Hall–Kier alpha value is -1.50. The molecule has 0 bridgehead atoms. The van der Waals surface area contributed by atoms with Gasteiger partial charge in [0.25, 0.3) is 22.5 Å². The van der Waals surface area contributed by atoms with E-state index >= 15 is 0 Å². The molecule has 0 aliphatic carbocycles. The fourth-order valence-electron chi connectivity index (χ4n) is 1.61. The van der Waals surface area contributed by atoms with Crippen molar-refractivity contribution < 1.29 is 40.8 Å². The van der Waals surface area contributed by atoms with Crippen LogP contribution in [0.15, 0.2) is 23.0 Å². The molecule has 0 aliphatic heterocycles. The maximum Gasteiger partial charge on any atom is 0.550 e. The first kappa shape index (κ1) is 31.5. The summed E-state index contributed by atoms with van der Waals surface area (Å²) in [7, 11) is 2.81. The molecule has 0 aromatic rings. The van der Waals surface area contributed by atoms with Crippen LogP contribution >= 0.6 is 23.5 Å². The number of likely N-dealkylation sites (N-methyl/N-ethyl adjacent to an activating group) is 2. The molecule has 0 radical (unpaired) electrons. The SMILES string of the molecule is C=CCOC(CN(C)S(=O)OC(=O)O/N=C(/C)SC)CN(C)S(=O)OC(=O)O/N=C(\C)SC. The van der Waals surface area contributed by atoms with Crippen LogP contribution in [0.25, 0.3) is 0 Å². The Morgan fingerprint density at radius 2 is 1.33 bits per heavy atom. The fraction of sp³-hybridized carbons (Fsp3) is 0.625. The van der Waals surface area contributed by atoms with Gasteiger partial charge in [0, 0.05) is 27.2 Å². The third-order valence-corrected chi connectivity index (χ3v) is 6.45. The van der Waals surface area contributed by atoms with E-state index in [-0.39, 0.29) is 19.7 Å². The lowest BCUT2D eigenvalue weighted by molar-refractivity contribution is 0.0497. The van der Waals surface area contributed by atoms with Crippen LogP contribution in [0.4, 0.5) is 9.59 Å². The molecule has 0 saturated carbocycles. The Balaban J connectivity index is 4.86. The Kier molecular flexibility index (Phi) is 17.1. The van der Waals surface area contributed by atoms with Gasteiger partial charge in [-0.3, -0.25) is 9.68 Å². The van der Waals surface area contributed by atoms with E-state index in [1.54, 1.807) is 26.4 Å². The van der Waals surface area contributed by atoms with E-state index in [0.717, 1.165) is 8.61 Å². The van der Waals surface area contributed by atoms with Crippen molar-refractivity contribution in [2.24, 2.45) is 10.3 Å². The van der Waals surface area contributed by atoms with Gasteiger partial charge in [0.2, 0.25) is 0 Å². The van der Waals surface area contributed by atoms with Gasteiger partial charge in [-0.05, 0) is 26.4 Å². The number of nitrogens with zero attached hydrogens (tertiary/aromatic N) is 4. The number of thioether (sulfide) groups is 2. The molecule has 0 spiro atoms. The standard InChI is InChI=1S/C16H28N4O9S4/c1-8-9-25-14(10-19(4)32(23)28-15(21)26-17-12(2)30-6)11-20(5)33(24)29-16(22)27-18-13(3)31-7/h8,14H,1,9-11H2,2-7H3/b17-12-,18-13+. The smallest absolute Gasteiger partial charge is 0.371 e. The van der Waals surface area contributed by atoms with Gasteiger partial charge in [0.15, 0.2) is 0 Å². The summed E-state index contributed by atoms with van der Waals surface area (Å²) in [4.78, 5) is 32.1. The van der Waals surface area contributed by atoms with E-state index in [2.05, 4.69) is 34.9 Å². The van der Waals surface area contributed by atoms with Gasteiger partial charge < -0.3 is 13.1 Å². The molecule has 0 aromatic carbocycles. The van der Waals surface area contributed by atoms with E-state index < -0.39 is 40.9 Å². The summed E-state index contributed by atoms with van der Waals surface area (Å²) in [6.45, 7) is 6.86. The predicted octanol–water partition coefficient (Wildman–Crippen LogP) is 2.28. The zero-order chi connectivity index (χ0) is 25.4. The lowest BCUT2D eigenvalue weighted by Gasteiger charge is -2.25. The van der Waals surface area contributed by atoms with Gasteiger partial charge in [0.1, 0.15) is 10.1 Å². The zero-order valence-corrected chi connectivity index (χ0v) is 22.3. The molecule has 0 aromatic heterocycles. The minimum absolute atomic E-state index is 0.0238. The Morgan fingerprint density at radius 1 is 0.939 bits per heavy atom. The molecule has 0 fully saturated rings. The number of ether oxygens (including phenoxy) is 1. The largest absolute Gasteiger partial charge is 0.550 e. The van der Waals surface area contributed by atoms with Crippen LogP contribution in [-0.4, -0.2) is 91.8 Å². The Bertz CT molecular complexity index is 710. The normalized spacial score (nSPS) is 15.0. The Morgan fingerprint density at radius 3 is 1.67 bits per heavy atom. The first-order valence-corrected chi connectivity index (χ1v) is 13.5. The van der Waals surface area contributed by atoms with Gasteiger partial charge in [-0.1, -0.05) is 16.4 Å². The fourth-order valence-corrected chi connectivity index (χ4v) is 2.96. The summed E-state index contributed by atoms with van der Waals surface area (Å²) in [5, 5.41) is 7.90. The minimum atomic E-state index is -2.22. The second kappa shape index (κ2) is 17.9. The lowest BCUT2D eigenvalue weighted by atomic mass is 10.3. The van der Waals surface area contributed by atoms with Crippen molar-refractivity contribution in [1.29, 1.82) is 0 Å². The van der Waals surface area contributed by atoms with E-state index in [1.165, 1.54) is 43.7 Å². The van der Waals surface area contributed by atoms with Gasteiger partial charge in [-0.2, -0.15) is 26.6 Å². The number of oxime groups is 2. The Labute approximate surface area is 206 Å². The molecule has 0 rings (SSSR count). The zero-order valence-electron chi connectivity index (χ0n) is 19.1. The molecular weight excluding hydrogens is 520 g/mol. The average Bonchev–Trinajstić information content (AvgIpc) is 2.78. The van der Waals surface area contributed by atoms with Crippen molar-refractivity contribution in [3.8, 4) is 0 Å². The summed E-state index contributed by atoms with van der Waals surface area (Å²) in [5.74, 6) is 0. The van der Waals surface area contributed by atoms with E-state index in [1.807, 2.05) is 0 Å². The van der Waals surface area contributed by atoms with Crippen LogP contribution in [0, 0.1) is 0 Å². The maximum absolute atomic E-state index is 12.2. The average molecular weight is 549 g/mol. The van der Waals surface area contributed by atoms with Crippen molar-refractivity contribution in [1.82, 2.24) is 8.61 Å². The molecule has 33 heavy (non-hydrogen) atoms. The molecule has 0 saturated heterocycles. The monoisotopic (exact) mass is 548 g/mol. The van der Waals surface area contributed by atoms with Crippen LogP contribution in [0.5, 0.6) is 0 Å². The van der Waals surface area contributed by atoms with Gasteiger partial charge in [0.05, 0.1) is 12.7 Å². The molecule has 0 N–H and O–H groups in total. The molecular formula is C16H28N4O9S4. The quantitative estimate of drug-likeness (QED) is 0.110. The minimum Gasteiger partial charge on any atom is -0.371 e. The van der Waals surface area contributed by atoms with E-state index in [4.69, 9.17) is 4.74 Å². The highest BCUT2D eigenvalue weighted by molar-refractivity contribution is 8.13. The summed E-state index contributed by atoms with van der Waals surface area (Å²) < 4.78 is 41.6. The van der Waals surface area contributed by atoms with Gasteiger partial charge in [-0.15, -0.1) is 30.1 Å². The van der Waals surface area contributed by atoms with Crippen LogP contribution < -0.4 is 0 Å². The van der Waals surface area contributed by atoms with Crippen molar-refractivity contribution in [3.05, 3.63) is 12.7 Å². The van der Waals surface area contributed by atoms with Crippen LogP contribution in [0.2, 0.25) is 0 Å². The molecule has 13 nitrogen and oxygen atoms in total. The highest BCUT2D eigenvalue weighted by Gasteiger charge is 2.24. The third-order valence-electron chi connectivity index (χ3n) is 3.25. The van der Waals surface area contributed by atoms with Crippen molar-refractivity contribution in [2.45, 2.75) is 20.0 Å². The molecule has 0 amide bonds. The second-order valence-corrected chi connectivity index (χ2v) is 10.2. The third kappa shape index (κ3) is 15.1. The maximum atomic E-state index is 12.2. The molecule has 17 heteroatoms. The first-order chi connectivity index (χ1) is 15.5. The van der Waals surface area contributed by atoms with Crippen molar-refractivity contribution in [3.63, 3.8) is 0 Å². The van der Waals surface area contributed by atoms with Gasteiger partial charge in [-0.25, -0.2) is 0 Å². The second-order valence-electron chi connectivity index (χ2n) is 5.78. The molecule has 0 aliphatic rings. The number of carbonyl (C=O) groups excluding carboxylic acids is 2. The van der Waals surface area contributed by atoms with Crippen LogP contribution in [0.1, 0.15) is 13.8 Å². The molecule has 0 heterocycles. The number of rotatable bonds is 13. The summed E-state index contributed by atoms with van der Waals surface area (Å²) in [6.07, 6.45) is 1.77. The lowest BCUT2D eigenvalue weighted by Crippen LogP contribution is -2.41. The molecule has 3 unspecified atom stereocenters. The highest BCUT2D eigenvalue weighted by atomic mass is 32.2. The van der Waals surface area contributed by atoms with Gasteiger partial charge >= 0.3 is 12.3 Å². The molecule has 190 valence electrons. The first-order valence-electron chi connectivity index (χ1n) is 8.98. The molecule has 3 atom stereocenters. The highest BCUT2D eigenvalue weighted by Crippen LogP contribution is 2.07. The predicted molar refractivity (Wildman–Crippen MR) is 130 cm³/mol. The summed E-state index contributed by atoms with van der Waals surface area (Å²) in [5.41, 5.74) is 0. The van der Waals surface area contributed by atoms with Crippen molar-refractivity contribution in [2.75, 3.05) is 46.3 Å². The summed E-state index contributed by atoms with van der Waals surface area (Å²) in [6, 6.07) is 0. The number of hydrogen-bond acceptors (Lipinski definition) is 13. The van der Waals surface area contributed by atoms with E-state index in [9.17, 15) is 18.0 Å². The number of hydrogen-bond donors (Lipinski definition) is 0. The number of carbonyl (C=O) groups is 2. The summed E-state index contributed by atoms with van der Waals surface area (Å²) >= 11 is -1.93. The van der Waals surface area contributed by atoms with Crippen molar-refractivity contribution >= 4 is 68.5 Å². The van der Waals surface area contributed by atoms with Crippen LogP contribution in [-0.2, 0) is 45.3 Å². The van der Waals surface area contributed by atoms with Crippen LogP contribution in [0.3, 0.4) is 0 Å².